The first-order chi connectivity index (χ1) is 7.70. The number of aryl methyl sites for hydroxylation is 2. The van der Waals surface area contributed by atoms with Crippen LogP contribution in [0.3, 0.4) is 0 Å². The minimum Gasteiger partial charge on any atom is -0.346 e. The van der Waals surface area contributed by atoms with Gasteiger partial charge < -0.3 is 10.7 Å². The second-order valence-electron chi connectivity index (χ2n) is 4.03. The average Bonchev–Trinajstić information content (AvgIpc) is 2.59. The van der Waals surface area contributed by atoms with Gasteiger partial charge in [-0.25, -0.2) is 4.98 Å². The zero-order valence-corrected chi connectivity index (χ0v) is 9.75. The molecular formula is C13H17N3. The average molecular weight is 215 g/mol. The second kappa shape index (κ2) is 4.49. The maximum atomic E-state index is 5.56. The molecule has 0 saturated heterocycles. The second-order valence-corrected chi connectivity index (χ2v) is 4.03. The molecule has 0 amide bonds. The number of aromatic nitrogens is 2. The monoisotopic (exact) mass is 215 g/mol. The molecule has 2 rings (SSSR count). The number of nitrogens with one attached hydrogen (secondary N) is 1. The Morgan fingerprint density at radius 1 is 1.31 bits per heavy atom. The van der Waals surface area contributed by atoms with E-state index in [1.54, 1.807) is 0 Å². The molecule has 2 aromatic rings. The van der Waals surface area contributed by atoms with E-state index in [1.807, 2.05) is 13.8 Å². The van der Waals surface area contributed by atoms with E-state index in [-0.39, 0.29) is 0 Å². The SMILES string of the molecule is Cc1nc(-c2cccc(CCN)c2)c(C)[nH]1. The fourth-order valence-electron chi connectivity index (χ4n) is 1.93. The summed E-state index contributed by atoms with van der Waals surface area (Å²) in [5, 5.41) is 0. The molecule has 0 aliphatic rings. The Morgan fingerprint density at radius 3 is 2.75 bits per heavy atom. The number of benzene rings is 1. The number of hydrogen-bond acceptors (Lipinski definition) is 2. The third-order valence-corrected chi connectivity index (χ3v) is 2.64. The number of imidazole rings is 1. The van der Waals surface area contributed by atoms with Crippen LogP contribution in [0.25, 0.3) is 11.3 Å². The summed E-state index contributed by atoms with van der Waals surface area (Å²) in [6.45, 7) is 4.70. The smallest absolute Gasteiger partial charge is 0.103 e. The minimum absolute atomic E-state index is 0.683. The standard InChI is InChI=1S/C13H17N3/c1-9-13(16-10(2)15-9)12-5-3-4-11(8-12)6-7-14/h3-5,8H,6-7,14H2,1-2H3,(H,15,16). The van der Waals surface area contributed by atoms with E-state index < -0.39 is 0 Å². The lowest BCUT2D eigenvalue weighted by atomic mass is 10.1. The van der Waals surface area contributed by atoms with E-state index in [1.165, 1.54) is 5.56 Å². The highest BCUT2D eigenvalue weighted by molar-refractivity contribution is 5.62. The first-order valence-corrected chi connectivity index (χ1v) is 5.53. The summed E-state index contributed by atoms with van der Waals surface area (Å²) in [6, 6.07) is 8.41. The van der Waals surface area contributed by atoms with E-state index in [2.05, 4.69) is 34.2 Å². The van der Waals surface area contributed by atoms with Crippen molar-refractivity contribution in [2.45, 2.75) is 20.3 Å². The number of H-pyrrole nitrogens is 1. The first-order valence-electron chi connectivity index (χ1n) is 5.53. The van der Waals surface area contributed by atoms with Crippen molar-refractivity contribution in [3.63, 3.8) is 0 Å². The summed E-state index contributed by atoms with van der Waals surface area (Å²) in [7, 11) is 0. The Bertz CT molecular complexity index is 486. The van der Waals surface area contributed by atoms with Gasteiger partial charge in [0, 0.05) is 11.3 Å². The maximum Gasteiger partial charge on any atom is 0.103 e. The molecule has 3 heteroatoms. The van der Waals surface area contributed by atoms with Crippen LogP contribution >= 0.6 is 0 Å². The molecule has 0 spiro atoms. The molecule has 3 N–H and O–H groups in total. The number of rotatable bonds is 3. The lowest BCUT2D eigenvalue weighted by molar-refractivity contribution is 0.969. The van der Waals surface area contributed by atoms with Crippen LogP contribution < -0.4 is 5.73 Å². The highest BCUT2D eigenvalue weighted by Gasteiger charge is 2.06. The molecule has 0 aliphatic heterocycles. The van der Waals surface area contributed by atoms with E-state index in [0.29, 0.717) is 6.54 Å². The summed E-state index contributed by atoms with van der Waals surface area (Å²) in [4.78, 5) is 7.72. The van der Waals surface area contributed by atoms with Crippen LogP contribution in [-0.2, 0) is 6.42 Å². The van der Waals surface area contributed by atoms with Gasteiger partial charge in [0.2, 0.25) is 0 Å². The van der Waals surface area contributed by atoms with Crippen LogP contribution in [0, 0.1) is 13.8 Å². The molecule has 0 fully saturated rings. The van der Waals surface area contributed by atoms with Crippen molar-refractivity contribution >= 4 is 0 Å². The molecule has 0 bridgehead atoms. The van der Waals surface area contributed by atoms with E-state index in [4.69, 9.17) is 5.73 Å². The molecule has 16 heavy (non-hydrogen) atoms. The summed E-state index contributed by atoms with van der Waals surface area (Å²) >= 11 is 0. The van der Waals surface area contributed by atoms with Gasteiger partial charge in [-0.05, 0) is 38.4 Å². The van der Waals surface area contributed by atoms with Crippen LogP contribution in [0.5, 0.6) is 0 Å². The van der Waals surface area contributed by atoms with Crippen molar-refractivity contribution in [3.8, 4) is 11.3 Å². The van der Waals surface area contributed by atoms with Crippen LogP contribution in [0.4, 0.5) is 0 Å². The van der Waals surface area contributed by atoms with Crippen molar-refractivity contribution in [2.24, 2.45) is 5.73 Å². The summed E-state index contributed by atoms with van der Waals surface area (Å²) in [6.07, 6.45) is 0.913. The minimum atomic E-state index is 0.683. The molecule has 1 aromatic carbocycles. The number of aromatic amines is 1. The highest BCUT2D eigenvalue weighted by Crippen LogP contribution is 2.22. The van der Waals surface area contributed by atoms with Crippen LogP contribution in [0.1, 0.15) is 17.1 Å². The Morgan fingerprint density at radius 2 is 2.12 bits per heavy atom. The molecule has 0 aliphatic carbocycles. The molecule has 3 nitrogen and oxygen atoms in total. The Balaban J connectivity index is 2.40. The van der Waals surface area contributed by atoms with Crippen molar-refractivity contribution < 1.29 is 0 Å². The fourth-order valence-corrected chi connectivity index (χ4v) is 1.93. The largest absolute Gasteiger partial charge is 0.346 e. The van der Waals surface area contributed by atoms with Gasteiger partial charge in [0.25, 0.3) is 0 Å². The summed E-state index contributed by atoms with van der Waals surface area (Å²) in [5.41, 5.74) is 10.1. The quantitative estimate of drug-likeness (QED) is 0.824. The van der Waals surface area contributed by atoms with E-state index >= 15 is 0 Å². The Labute approximate surface area is 95.7 Å². The Kier molecular flexibility index (Phi) is 3.06. The van der Waals surface area contributed by atoms with Crippen molar-refractivity contribution in [1.82, 2.24) is 9.97 Å². The van der Waals surface area contributed by atoms with Gasteiger partial charge >= 0.3 is 0 Å². The first kappa shape index (κ1) is 10.9. The predicted molar refractivity (Wildman–Crippen MR) is 66.3 cm³/mol. The van der Waals surface area contributed by atoms with E-state index in [9.17, 15) is 0 Å². The zero-order chi connectivity index (χ0) is 11.5. The van der Waals surface area contributed by atoms with Crippen LogP contribution in [0.2, 0.25) is 0 Å². The topological polar surface area (TPSA) is 54.7 Å². The highest BCUT2D eigenvalue weighted by atomic mass is 14.9. The van der Waals surface area contributed by atoms with Crippen molar-refractivity contribution in [3.05, 3.63) is 41.3 Å². The lowest BCUT2D eigenvalue weighted by Gasteiger charge is -2.02. The van der Waals surface area contributed by atoms with Gasteiger partial charge in [-0.1, -0.05) is 18.2 Å². The molecule has 0 unspecified atom stereocenters. The molecule has 1 aromatic heterocycles. The van der Waals surface area contributed by atoms with Crippen molar-refractivity contribution in [1.29, 1.82) is 0 Å². The van der Waals surface area contributed by atoms with Gasteiger partial charge in [-0.2, -0.15) is 0 Å². The normalized spacial score (nSPS) is 10.7. The molecular weight excluding hydrogens is 198 g/mol. The van der Waals surface area contributed by atoms with Gasteiger partial charge in [-0.3, -0.25) is 0 Å². The van der Waals surface area contributed by atoms with Gasteiger partial charge in [0.05, 0.1) is 5.69 Å². The Hall–Kier alpha value is -1.61. The van der Waals surface area contributed by atoms with Crippen LogP contribution in [0.15, 0.2) is 24.3 Å². The van der Waals surface area contributed by atoms with Gasteiger partial charge in [-0.15, -0.1) is 0 Å². The van der Waals surface area contributed by atoms with Gasteiger partial charge in [0.15, 0.2) is 0 Å². The number of nitrogens with two attached hydrogens (primary N) is 1. The third-order valence-electron chi connectivity index (χ3n) is 2.64. The maximum absolute atomic E-state index is 5.56. The molecule has 0 radical (unpaired) electrons. The van der Waals surface area contributed by atoms with E-state index in [0.717, 1.165) is 29.2 Å². The fraction of sp³-hybridized carbons (Fsp3) is 0.308. The number of nitrogens with zero attached hydrogens (tertiary/aromatic N) is 1. The van der Waals surface area contributed by atoms with Crippen molar-refractivity contribution in [2.75, 3.05) is 6.54 Å². The molecule has 0 saturated carbocycles. The predicted octanol–water partition coefficient (Wildman–Crippen LogP) is 2.19. The van der Waals surface area contributed by atoms with Crippen LogP contribution in [-0.4, -0.2) is 16.5 Å². The molecule has 0 atom stereocenters. The summed E-state index contributed by atoms with van der Waals surface area (Å²) < 4.78 is 0. The number of hydrogen-bond donors (Lipinski definition) is 2. The molecule has 84 valence electrons. The third kappa shape index (κ3) is 2.14. The zero-order valence-electron chi connectivity index (χ0n) is 9.75. The molecule has 1 heterocycles. The van der Waals surface area contributed by atoms with Gasteiger partial charge in [0.1, 0.15) is 5.82 Å². The lowest BCUT2D eigenvalue weighted by Crippen LogP contribution is -2.02. The summed E-state index contributed by atoms with van der Waals surface area (Å²) in [5.74, 6) is 0.955.